The predicted molar refractivity (Wildman–Crippen MR) is 99.4 cm³/mol. The van der Waals surface area contributed by atoms with Gasteiger partial charge in [-0.15, -0.1) is 0 Å². The minimum absolute atomic E-state index is 0.610. The van der Waals surface area contributed by atoms with Crippen molar-refractivity contribution in [3.05, 3.63) is 95.1 Å². The number of hydrogen-bond donors (Lipinski definition) is 1. The molecule has 4 aromatic rings. The maximum Gasteiger partial charge on any atom is 0.105 e. The highest BCUT2D eigenvalue weighted by molar-refractivity contribution is 5.94. The lowest BCUT2D eigenvalue weighted by Crippen LogP contribution is -2.02. The highest BCUT2D eigenvalue weighted by Crippen LogP contribution is 2.38. The molecule has 0 bridgehead atoms. The summed E-state index contributed by atoms with van der Waals surface area (Å²) in [6, 6.07) is 25.2. The first kappa shape index (κ1) is 13.8. The third-order valence-corrected chi connectivity index (χ3v) is 5.32. The lowest BCUT2D eigenvalue weighted by atomic mass is 9.91. The third-order valence-electron chi connectivity index (χ3n) is 5.32. The van der Waals surface area contributed by atoms with E-state index in [-0.39, 0.29) is 0 Å². The van der Waals surface area contributed by atoms with E-state index in [4.69, 9.17) is 0 Å². The minimum Gasteiger partial charge on any atom is -0.384 e. The Hall–Kier alpha value is -2.64. The zero-order valence-electron chi connectivity index (χ0n) is 13.4. The van der Waals surface area contributed by atoms with Crippen LogP contribution in [0.25, 0.3) is 21.5 Å². The van der Waals surface area contributed by atoms with Gasteiger partial charge in [0.15, 0.2) is 0 Å². The molecule has 24 heavy (non-hydrogen) atoms. The number of rotatable bonds is 2. The number of benzene rings is 4. The van der Waals surface area contributed by atoms with Gasteiger partial charge in [0, 0.05) is 0 Å². The van der Waals surface area contributed by atoms with Gasteiger partial charge in [-0.1, -0.05) is 72.8 Å². The zero-order valence-corrected chi connectivity index (χ0v) is 13.4. The maximum atomic E-state index is 11.2. The van der Waals surface area contributed by atoms with Crippen LogP contribution in [0, 0.1) is 0 Å². The SMILES string of the molecule is O[C@@H](c1cccc2ccccc12)c1ccc2c3c(cccc13)CC2. The summed E-state index contributed by atoms with van der Waals surface area (Å²) in [7, 11) is 0. The topological polar surface area (TPSA) is 20.2 Å². The molecule has 1 heteroatoms. The number of aliphatic hydroxyl groups is 1. The van der Waals surface area contributed by atoms with Gasteiger partial charge in [-0.3, -0.25) is 0 Å². The molecule has 0 aromatic heterocycles. The van der Waals surface area contributed by atoms with E-state index in [1.807, 2.05) is 24.3 Å². The van der Waals surface area contributed by atoms with Crippen molar-refractivity contribution >= 4 is 21.5 Å². The molecule has 1 aliphatic carbocycles. The largest absolute Gasteiger partial charge is 0.384 e. The Kier molecular flexibility index (Phi) is 2.97. The normalized spacial score (nSPS) is 14.4. The van der Waals surface area contributed by atoms with E-state index in [1.54, 1.807) is 0 Å². The fourth-order valence-corrected chi connectivity index (χ4v) is 4.16. The molecule has 0 unspecified atom stereocenters. The fourth-order valence-electron chi connectivity index (χ4n) is 4.16. The molecule has 1 aliphatic rings. The summed E-state index contributed by atoms with van der Waals surface area (Å²) in [4.78, 5) is 0. The second kappa shape index (κ2) is 5.19. The molecule has 0 radical (unpaired) electrons. The Labute approximate surface area is 141 Å². The van der Waals surface area contributed by atoms with Crippen LogP contribution >= 0.6 is 0 Å². The van der Waals surface area contributed by atoms with Crippen molar-refractivity contribution in [2.24, 2.45) is 0 Å². The van der Waals surface area contributed by atoms with Crippen molar-refractivity contribution in [3.63, 3.8) is 0 Å². The summed E-state index contributed by atoms with van der Waals surface area (Å²) >= 11 is 0. The van der Waals surface area contributed by atoms with Gasteiger partial charge in [-0.2, -0.15) is 0 Å². The summed E-state index contributed by atoms with van der Waals surface area (Å²) in [6.07, 6.45) is 1.61. The van der Waals surface area contributed by atoms with E-state index in [9.17, 15) is 5.11 Å². The second-order valence-corrected chi connectivity index (χ2v) is 6.62. The van der Waals surface area contributed by atoms with E-state index in [0.717, 1.165) is 29.4 Å². The molecule has 116 valence electrons. The van der Waals surface area contributed by atoms with Crippen LogP contribution in [0.2, 0.25) is 0 Å². The highest BCUT2D eigenvalue weighted by Gasteiger charge is 2.20. The number of aliphatic hydroxyl groups excluding tert-OH is 1. The summed E-state index contributed by atoms with van der Waals surface area (Å²) in [6.45, 7) is 0. The molecule has 4 aromatic carbocycles. The zero-order chi connectivity index (χ0) is 16.1. The van der Waals surface area contributed by atoms with Gasteiger partial charge in [0.2, 0.25) is 0 Å². The van der Waals surface area contributed by atoms with Gasteiger partial charge < -0.3 is 5.11 Å². The second-order valence-electron chi connectivity index (χ2n) is 6.62. The lowest BCUT2D eigenvalue weighted by Gasteiger charge is -2.17. The molecule has 0 heterocycles. The average molecular weight is 310 g/mol. The monoisotopic (exact) mass is 310 g/mol. The molecular formula is C23H18O. The van der Waals surface area contributed by atoms with Crippen molar-refractivity contribution in [1.29, 1.82) is 0 Å². The van der Waals surface area contributed by atoms with E-state index in [2.05, 4.69) is 48.5 Å². The number of aryl methyl sites for hydroxylation is 2. The third kappa shape index (κ3) is 1.92. The van der Waals surface area contributed by atoms with Gasteiger partial charge in [0.25, 0.3) is 0 Å². The van der Waals surface area contributed by atoms with Gasteiger partial charge in [-0.05, 0) is 56.6 Å². The van der Waals surface area contributed by atoms with Gasteiger partial charge >= 0.3 is 0 Å². The molecule has 1 N–H and O–H groups in total. The molecule has 0 fully saturated rings. The smallest absolute Gasteiger partial charge is 0.105 e. The summed E-state index contributed by atoms with van der Waals surface area (Å²) in [5.41, 5.74) is 4.81. The predicted octanol–water partition coefficient (Wildman–Crippen LogP) is 5.17. The van der Waals surface area contributed by atoms with Crippen LogP contribution < -0.4 is 0 Å². The van der Waals surface area contributed by atoms with Gasteiger partial charge in [0.05, 0.1) is 0 Å². The first-order chi connectivity index (χ1) is 11.8. The van der Waals surface area contributed by atoms with Crippen LogP contribution in [0.3, 0.4) is 0 Å². The Morgan fingerprint density at radius 2 is 1.29 bits per heavy atom. The first-order valence-corrected chi connectivity index (χ1v) is 8.52. The van der Waals surface area contributed by atoms with Crippen molar-refractivity contribution in [2.75, 3.05) is 0 Å². The van der Waals surface area contributed by atoms with E-state index < -0.39 is 6.10 Å². The van der Waals surface area contributed by atoms with Crippen LogP contribution in [0.1, 0.15) is 28.4 Å². The van der Waals surface area contributed by atoms with Crippen LogP contribution in [-0.4, -0.2) is 5.11 Å². The Balaban J connectivity index is 1.76. The van der Waals surface area contributed by atoms with Crippen LogP contribution in [-0.2, 0) is 12.8 Å². The molecule has 1 atom stereocenters. The average Bonchev–Trinajstić information content (AvgIpc) is 3.06. The molecule has 5 rings (SSSR count). The molecule has 0 saturated heterocycles. The number of fused-ring (bicyclic) bond motifs is 1. The summed E-state index contributed by atoms with van der Waals surface area (Å²) in [5, 5.41) is 16.0. The van der Waals surface area contributed by atoms with Gasteiger partial charge in [0.1, 0.15) is 6.10 Å². The molecule has 0 saturated carbocycles. The summed E-state index contributed by atoms with van der Waals surface area (Å²) < 4.78 is 0. The molecule has 0 amide bonds. The van der Waals surface area contributed by atoms with Crippen LogP contribution in [0.4, 0.5) is 0 Å². The van der Waals surface area contributed by atoms with E-state index in [0.29, 0.717) is 0 Å². The Bertz CT molecular complexity index is 1060. The molecule has 1 nitrogen and oxygen atoms in total. The lowest BCUT2D eigenvalue weighted by molar-refractivity contribution is 0.223. The van der Waals surface area contributed by atoms with E-state index >= 15 is 0 Å². The first-order valence-electron chi connectivity index (χ1n) is 8.52. The molecule has 0 aliphatic heterocycles. The molecule has 0 spiro atoms. The minimum atomic E-state index is -0.610. The highest BCUT2D eigenvalue weighted by atomic mass is 16.3. The quantitative estimate of drug-likeness (QED) is 0.541. The van der Waals surface area contributed by atoms with Crippen LogP contribution in [0.15, 0.2) is 72.8 Å². The Morgan fingerprint density at radius 3 is 2.21 bits per heavy atom. The van der Waals surface area contributed by atoms with Gasteiger partial charge in [-0.25, -0.2) is 0 Å². The number of hydrogen-bond acceptors (Lipinski definition) is 1. The Morgan fingerprint density at radius 1 is 0.625 bits per heavy atom. The summed E-state index contributed by atoms with van der Waals surface area (Å²) in [5.74, 6) is 0. The fraction of sp³-hybridized carbons (Fsp3) is 0.130. The van der Waals surface area contributed by atoms with Crippen molar-refractivity contribution in [3.8, 4) is 0 Å². The maximum absolute atomic E-state index is 11.2. The van der Waals surface area contributed by atoms with Crippen molar-refractivity contribution in [2.45, 2.75) is 18.9 Å². The molecular weight excluding hydrogens is 292 g/mol. The van der Waals surface area contributed by atoms with Crippen LogP contribution in [0.5, 0.6) is 0 Å². The van der Waals surface area contributed by atoms with E-state index in [1.165, 1.54) is 27.3 Å². The van der Waals surface area contributed by atoms with Crippen molar-refractivity contribution in [1.82, 2.24) is 0 Å². The standard InChI is InChI=1S/C23H18O/c24-23(20-10-3-6-15-5-1-2-8-18(15)20)21-14-13-17-12-11-16-7-4-9-19(21)22(16)17/h1-10,13-14,23-24H,11-12H2/t23-/m0/s1. The van der Waals surface area contributed by atoms with Crippen molar-refractivity contribution < 1.29 is 5.11 Å².